The monoisotopic (exact) mass is 449 g/mol. The molecule has 0 fully saturated rings. The molecule has 1 amide bonds. The maximum Gasteiger partial charge on any atom is 0.312 e. The molecular formula is C19H20BrN3O5. The first-order chi connectivity index (χ1) is 13.3. The Hall–Kier alpha value is -2.94. The van der Waals surface area contributed by atoms with Crippen molar-refractivity contribution in [3.05, 3.63) is 62.1 Å². The Kier molecular flexibility index (Phi) is 7.51. The van der Waals surface area contributed by atoms with Gasteiger partial charge in [0.05, 0.1) is 11.1 Å². The number of benzene rings is 2. The zero-order chi connectivity index (χ0) is 20.7. The van der Waals surface area contributed by atoms with E-state index in [0.29, 0.717) is 16.1 Å². The second-order valence-corrected chi connectivity index (χ2v) is 7.00. The second-order valence-electron chi connectivity index (χ2n) is 6.08. The van der Waals surface area contributed by atoms with Crippen LogP contribution in [0.5, 0.6) is 11.5 Å². The van der Waals surface area contributed by atoms with Gasteiger partial charge in [-0.05, 0) is 36.1 Å². The molecule has 0 aliphatic heterocycles. The van der Waals surface area contributed by atoms with Crippen LogP contribution in [0.2, 0.25) is 0 Å². The van der Waals surface area contributed by atoms with Gasteiger partial charge in [0.15, 0.2) is 6.61 Å². The van der Waals surface area contributed by atoms with E-state index >= 15 is 0 Å². The topological polar surface area (TPSA) is 114 Å². The van der Waals surface area contributed by atoms with E-state index in [1.165, 1.54) is 17.7 Å². The molecule has 2 N–H and O–H groups in total. The van der Waals surface area contributed by atoms with E-state index in [1.54, 1.807) is 12.1 Å². The minimum atomic E-state index is -0.712. The molecule has 0 saturated carbocycles. The highest BCUT2D eigenvalue weighted by Crippen LogP contribution is 2.32. The fraction of sp³-hybridized carbons (Fsp3) is 0.263. The largest absolute Gasteiger partial charge is 0.502 e. The summed E-state index contributed by atoms with van der Waals surface area (Å²) in [5.74, 6) is -0.0292. The molecule has 0 aliphatic rings. The van der Waals surface area contributed by atoms with Crippen molar-refractivity contribution in [2.45, 2.75) is 26.2 Å². The maximum atomic E-state index is 11.8. The first-order valence-electron chi connectivity index (χ1n) is 8.53. The van der Waals surface area contributed by atoms with Gasteiger partial charge in [0, 0.05) is 16.1 Å². The third-order valence-electron chi connectivity index (χ3n) is 4.11. The summed E-state index contributed by atoms with van der Waals surface area (Å²) in [5.41, 5.74) is 3.07. The number of nitrogens with one attached hydrogen (secondary N) is 1. The van der Waals surface area contributed by atoms with Gasteiger partial charge in [-0.25, -0.2) is 5.43 Å². The Balaban J connectivity index is 1.91. The van der Waals surface area contributed by atoms with E-state index in [4.69, 9.17) is 4.74 Å². The van der Waals surface area contributed by atoms with Crippen molar-refractivity contribution in [2.75, 3.05) is 6.61 Å². The fourth-order valence-electron chi connectivity index (χ4n) is 2.33. The summed E-state index contributed by atoms with van der Waals surface area (Å²) in [7, 11) is 0. The lowest BCUT2D eigenvalue weighted by atomic mass is 9.99. The molecule has 0 saturated heterocycles. The lowest BCUT2D eigenvalue weighted by Gasteiger charge is -2.10. The van der Waals surface area contributed by atoms with Crippen molar-refractivity contribution in [3.8, 4) is 11.5 Å². The van der Waals surface area contributed by atoms with Gasteiger partial charge >= 0.3 is 5.69 Å². The molecule has 2 aromatic carbocycles. The Bertz CT molecular complexity index is 884. The molecule has 8 nitrogen and oxygen atoms in total. The molecule has 0 spiro atoms. The van der Waals surface area contributed by atoms with E-state index in [0.717, 1.165) is 12.6 Å². The number of rotatable bonds is 8. The predicted octanol–water partition coefficient (Wildman–Crippen LogP) is 4.11. The molecule has 1 atom stereocenters. The average Bonchev–Trinajstić information content (AvgIpc) is 2.68. The van der Waals surface area contributed by atoms with Crippen LogP contribution in [0, 0.1) is 10.1 Å². The molecule has 0 radical (unpaired) electrons. The first kappa shape index (κ1) is 21.4. The van der Waals surface area contributed by atoms with Crippen LogP contribution in [0.3, 0.4) is 0 Å². The van der Waals surface area contributed by atoms with Crippen molar-refractivity contribution in [2.24, 2.45) is 5.10 Å². The van der Waals surface area contributed by atoms with Crippen LogP contribution in [0.4, 0.5) is 5.69 Å². The van der Waals surface area contributed by atoms with E-state index in [-0.39, 0.29) is 12.2 Å². The van der Waals surface area contributed by atoms with Crippen LogP contribution in [0.25, 0.3) is 0 Å². The summed E-state index contributed by atoms with van der Waals surface area (Å²) in [5, 5.41) is 24.5. The SMILES string of the molecule is CC[C@@H](C)c1ccc(OCC(=O)N/N=C\c2cc(Br)cc([N+](=O)[O-])c2O)cc1. The predicted molar refractivity (Wildman–Crippen MR) is 109 cm³/mol. The molecule has 0 heterocycles. The molecule has 2 rings (SSSR count). The lowest BCUT2D eigenvalue weighted by Crippen LogP contribution is -2.24. The van der Waals surface area contributed by atoms with Gasteiger partial charge in [0.1, 0.15) is 5.75 Å². The summed E-state index contributed by atoms with van der Waals surface area (Å²) in [4.78, 5) is 22.0. The number of ether oxygens (including phenoxy) is 1. The molecule has 0 bridgehead atoms. The number of phenols is 1. The van der Waals surface area contributed by atoms with Gasteiger partial charge in [-0.15, -0.1) is 0 Å². The van der Waals surface area contributed by atoms with Gasteiger partial charge in [-0.1, -0.05) is 41.9 Å². The Morgan fingerprint density at radius 1 is 1.39 bits per heavy atom. The van der Waals surface area contributed by atoms with Crippen molar-refractivity contribution in [1.82, 2.24) is 5.43 Å². The standard InChI is InChI=1S/C19H20BrN3O5/c1-3-12(2)13-4-6-16(7-5-13)28-11-18(24)22-21-10-14-8-15(20)9-17(19(14)25)23(26)27/h4-10,12,25H,3,11H2,1-2H3,(H,22,24)/b21-10-/t12-/m1/s1. The van der Waals surface area contributed by atoms with Crippen molar-refractivity contribution < 1.29 is 19.6 Å². The fourth-order valence-corrected chi connectivity index (χ4v) is 2.79. The van der Waals surface area contributed by atoms with E-state index < -0.39 is 22.3 Å². The van der Waals surface area contributed by atoms with Crippen LogP contribution >= 0.6 is 15.9 Å². The number of phenolic OH excluding ortho intramolecular Hbond substituents is 1. The summed E-state index contributed by atoms with van der Waals surface area (Å²) in [6.45, 7) is 4.01. The molecular weight excluding hydrogens is 430 g/mol. The van der Waals surface area contributed by atoms with Gasteiger partial charge in [-0.3, -0.25) is 14.9 Å². The zero-order valence-electron chi connectivity index (χ0n) is 15.4. The highest BCUT2D eigenvalue weighted by molar-refractivity contribution is 9.10. The number of nitro groups is 1. The third kappa shape index (κ3) is 5.78. The highest BCUT2D eigenvalue weighted by Gasteiger charge is 2.17. The number of nitrogens with zero attached hydrogens (tertiary/aromatic N) is 2. The van der Waals surface area contributed by atoms with Crippen LogP contribution in [-0.4, -0.2) is 28.8 Å². The number of halogens is 1. The number of hydrazone groups is 1. The highest BCUT2D eigenvalue weighted by atomic mass is 79.9. The molecule has 0 aliphatic carbocycles. The Morgan fingerprint density at radius 3 is 2.68 bits per heavy atom. The molecule has 9 heteroatoms. The second kappa shape index (κ2) is 9.84. The van der Waals surface area contributed by atoms with Crippen LogP contribution < -0.4 is 10.2 Å². The smallest absolute Gasteiger partial charge is 0.312 e. The average molecular weight is 450 g/mol. The van der Waals surface area contributed by atoms with Gasteiger partial charge in [-0.2, -0.15) is 5.10 Å². The van der Waals surface area contributed by atoms with Gasteiger partial charge in [0.25, 0.3) is 5.91 Å². The number of carbonyl (C=O) groups excluding carboxylic acids is 1. The van der Waals surface area contributed by atoms with E-state index in [2.05, 4.69) is 40.3 Å². The molecule has 0 aromatic heterocycles. The minimum absolute atomic E-state index is 0.0860. The van der Waals surface area contributed by atoms with Crippen LogP contribution in [0.15, 0.2) is 46.0 Å². The molecule has 28 heavy (non-hydrogen) atoms. The number of hydrogen-bond acceptors (Lipinski definition) is 6. The van der Waals surface area contributed by atoms with Crippen molar-refractivity contribution in [3.63, 3.8) is 0 Å². The number of hydrogen-bond donors (Lipinski definition) is 2. The summed E-state index contributed by atoms with van der Waals surface area (Å²) in [6.07, 6.45) is 2.16. The molecule has 148 valence electrons. The molecule has 2 aromatic rings. The quantitative estimate of drug-likeness (QED) is 0.357. The maximum absolute atomic E-state index is 11.8. The van der Waals surface area contributed by atoms with Crippen LogP contribution in [-0.2, 0) is 4.79 Å². The van der Waals surface area contributed by atoms with Gasteiger partial charge < -0.3 is 9.84 Å². The number of amides is 1. The summed E-state index contributed by atoms with van der Waals surface area (Å²) >= 11 is 3.12. The number of nitro benzene ring substituents is 1. The zero-order valence-corrected chi connectivity index (χ0v) is 17.0. The van der Waals surface area contributed by atoms with Crippen molar-refractivity contribution >= 4 is 33.7 Å². The minimum Gasteiger partial charge on any atom is -0.502 e. The lowest BCUT2D eigenvalue weighted by molar-refractivity contribution is -0.385. The van der Waals surface area contributed by atoms with Crippen LogP contribution in [0.1, 0.15) is 37.3 Å². The third-order valence-corrected chi connectivity index (χ3v) is 4.56. The number of carbonyl (C=O) groups is 1. The first-order valence-corrected chi connectivity index (χ1v) is 9.32. The normalized spacial score (nSPS) is 12.0. The van der Waals surface area contributed by atoms with Gasteiger partial charge in [0.2, 0.25) is 5.75 Å². The summed E-state index contributed by atoms with van der Waals surface area (Å²) in [6, 6.07) is 10.1. The molecule has 0 unspecified atom stereocenters. The number of aromatic hydroxyl groups is 1. The van der Waals surface area contributed by atoms with Crippen molar-refractivity contribution in [1.29, 1.82) is 0 Å². The van der Waals surface area contributed by atoms with E-state index in [1.807, 2.05) is 12.1 Å². The van der Waals surface area contributed by atoms with E-state index in [9.17, 15) is 20.0 Å². The Labute approximate surface area is 170 Å². The Morgan fingerprint density at radius 2 is 2.07 bits per heavy atom. The summed E-state index contributed by atoms with van der Waals surface area (Å²) < 4.78 is 5.80.